The van der Waals surface area contributed by atoms with Gasteiger partial charge in [-0.25, -0.2) is 4.68 Å². The lowest BCUT2D eigenvalue weighted by Gasteiger charge is -2.35. The number of carbonyl (C=O) groups is 1. The number of nitrogens with zero attached hydrogens (tertiary/aromatic N) is 4. The average Bonchev–Trinajstić information content (AvgIpc) is 2.56. The van der Waals surface area contributed by atoms with Crippen molar-refractivity contribution in [1.29, 1.82) is 0 Å². The summed E-state index contributed by atoms with van der Waals surface area (Å²) in [6.07, 6.45) is 1.86. The van der Waals surface area contributed by atoms with Crippen LogP contribution in [0.25, 0.3) is 0 Å². The number of carbonyl (C=O) groups excluding carboxylic acids is 1. The van der Waals surface area contributed by atoms with Gasteiger partial charge in [0.05, 0.1) is 24.9 Å². The molecule has 23 heavy (non-hydrogen) atoms. The Hall–Kier alpha value is -1.73. The Morgan fingerprint density at radius 2 is 2.26 bits per heavy atom. The van der Waals surface area contributed by atoms with Crippen molar-refractivity contribution in [2.24, 2.45) is 7.05 Å². The third-order valence-electron chi connectivity index (χ3n) is 4.62. The van der Waals surface area contributed by atoms with Gasteiger partial charge in [0.1, 0.15) is 0 Å². The number of fused-ring (bicyclic) bond motifs is 1. The summed E-state index contributed by atoms with van der Waals surface area (Å²) in [6.45, 7) is 5.85. The molecule has 0 radical (unpaired) electrons. The van der Waals surface area contributed by atoms with Gasteiger partial charge >= 0.3 is 0 Å². The fourth-order valence-corrected chi connectivity index (χ4v) is 3.17. The fourth-order valence-electron chi connectivity index (χ4n) is 3.17. The second-order valence-electron chi connectivity index (χ2n) is 6.28. The molecule has 1 atom stereocenters. The van der Waals surface area contributed by atoms with Crippen molar-refractivity contribution in [3.05, 3.63) is 27.7 Å². The third kappa shape index (κ3) is 3.61. The lowest BCUT2D eigenvalue weighted by molar-refractivity contribution is -0.140. The van der Waals surface area contributed by atoms with Crippen LogP contribution in [0.4, 0.5) is 0 Å². The highest BCUT2D eigenvalue weighted by Crippen LogP contribution is 2.16. The first kappa shape index (κ1) is 16.1. The van der Waals surface area contributed by atoms with E-state index in [2.05, 4.69) is 16.9 Å². The van der Waals surface area contributed by atoms with Gasteiger partial charge < -0.3 is 9.64 Å². The van der Waals surface area contributed by atoms with Gasteiger partial charge in [0.2, 0.25) is 5.91 Å². The van der Waals surface area contributed by atoms with Crippen LogP contribution < -0.4 is 5.56 Å². The lowest BCUT2D eigenvalue weighted by Crippen LogP contribution is -2.49. The van der Waals surface area contributed by atoms with E-state index in [9.17, 15) is 9.59 Å². The molecule has 2 aliphatic heterocycles. The van der Waals surface area contributed by atoms with E-state index < -0.39 is 0 Å². The van der Waals surface area contributed by atoms with Crippen LogP contribution in [0.1, 0.15) is 24.6 Å². The van der Waals surface area contributed by atoms with Gasteiger partial charge in [0.15, 0.2) is 0 Å². The molecule has 0 N–H and O–H groups in total. The molecule has 3 heterocycles. The highest BCUT2D eigenvalue weighted by atomic mass is 16.5. The highest BCUT2D eigenvalue weighted by Gasteiger charge is 2.26. The van der Waals surface area contributed by atoms with E-state index in [1.54, 1.807) is 13.1 Å². The zero-order valence-corrected chi connectivity index (χ0v) is 13.8. The minimum Gasteiger partial charge on any atom is -0.375 e. The second kappa shape index (κ2) is 6.80. The average molecular weight is 320 g/mol. The van der Waals surface area contributed by atoms with Gasteiger partial charge in [-0.2, -0.15) is 5.10 Å². The molecule has 1 saturated heterocycles. The lowest BCUT2D eigenvalue weighted by atomic mass is 10.1. The predicted molar refractivity (Wildman–Crippen MR) is 85.1 cm³/mol. The van der Waals surface area contributed by atoms with Gasteiger partial charge in [0, 0.05) is 45.7 Å². The topological polar surface area (TPSA) is 67.7 Å². The van der Waals surface area contributed by atoms with E-state index in [1.807, 2.05) is 4.90 Å². The summed E-state index contributed by atoms with van der Waals surface area (Å²) in [5.74, 6) is 0.145. The van der Waals surface area contributed by atoms with Gasteiger partial charge in [0.25, 0.3) is 5.56 Å². The first-order valence-corrected chi connectivity index (χ1v) is 8.24. The molecule has 126 valence electrons. The Labute approximate surface area is 135 Å². The number of morpholine rings is 1. The van der Waals surface area contributed by atoms with Crippen molar-refractivity contribution in [3.8, 4) is 0 Å². The van der Waals surface area contributed by atoms with E-state index in [4.69, 9.17) is 4.74 Å². The molecule has 0 bridgehead atoms. The molecule has 0 spiro atoms. The molecule has 2 aliphatic rings. The van der Waals surface area contributed by atoms with E-state index in [0.717, 1.165) is 30.6 Å². The van der Waals surface area contributed by atoms with Gasteiger partial charge in [-0.3, -0.25) is 14.5 Å². The normalized spacial score (nSPS) is 22.0. The largest absolute Gasteiger partial charge is 0.375 e. The number of aromatic nitrogens is 2. The summed E-state index contributed by atoms with van der Waals surface area (Å²) in [6, 6.07) is 1.64. The van der Waals surface area contributed by atoms with E-state index >= 15 is 0 Å². The van der Waals surface area contributed by atoms with Crippen molar-refractivity contribution < 1.29 is 9.53 Å². The summed E-state index contributed by atoms with van der Waals surface area (Å²) in [5.41, 5.74) is 1.81. The number of ether oxygens (including phenoxy) is 1. The molecule has 0 saturated carbocycles. The van der Waals surface area contributed by atoms with E-state index in [1.165, 1.54) is 4.68 Å². The first-order chi connectivity index (χ1) is 11.1. The molecule has 1 aromatic rings. The summed E-state index contributed by atoms with van der Waals surface area (Å²) in [5, 5.41) is 4.30. The molecule has 3 rings (SSSR count). The van der Waals surface area contributed by atoms with Crippen molar-refractivity contribution in [1.82, 2.24) is 19.6 Å². The van der Waals surface area contributed by atoms with Crippen LogP contribution in [-0.4, -0.2) is 64.4 Å². The number of rotatable bonds is 3. The Balaban J connectivity index is 1.62. The Kier molecular flexibility index (Phi) is 4.77. The van der Waals surface area contributed by atoms with Crippen LogP contribution in [-0.2, 0) is 29.5 Å². The maximum atomic E-state index is 12.5. The Morgan fingerprint density at radius 3 is 3.04 bits per heavy atom. The molecule has 0 aromatic carbocycles. The molecule has 7 nitrogen and oxygen atoms in total. The molecular formula is C16H24N4O3. The minimum atomic E-state index is -0.101. The number of amides is 1. The molecule has 1 amide bonds. The van der Waals surface area contributed by atoms with E-state index in [-0.39, 0.29) is 17.6 Å². The molecule has 7 heteroatoms. The van der Waals surface area contributed by atoms with Crippen LogP contribution >= 0.6 is 0 Å². The number of hydrogen-bond acceptors (Lipinski definition) is 5. The van der Waals surface area contributed by atoms with E-state index in [0.29, 0.717) is 32.8 Å². The van der Waals surface area contributed by atoms with Gasteiger partial charge in [-0.15, -0.1) is 0 Å². The van der Waals surface area contributed by atoms with Crippen LogP contribution in [0, 0.1) is 0 Å². The van der Waals surface area contributed by atoms with Crippen molar-refractivity contribution in [3.63, 3.8) is 0 Å². The van der Waals surface area contributed by atoms with Crippen LogP contribution in [0.15, 0.2) is 10.9 Å². The SMILES string of the molecule is CCC1CN(C(=O)CN2CCc3nn(C)c(=O)cc3C2)CCO1. The van der Waals surface area contributed by atoms with Crippen LogP contribution in [0.3, 0.4) is 0 Å². The molecular weight excluding hydrogens is 296 g/mol. The Bertz CT molecular complexity index is 643. The maximum absolute atomic E-state index is 12.5. The standard InChI is InChI=1S/C16H24N4O3/c1-3-13-10-20(6-7-23-13)16(22)11-19-5-4-14-12(9-19)8-15(21)18(2)17-14/h8,13H,3-7,9-11H2,1-2H3. The second-order valence-corrected chi connectivity index (χ2v) is 6.28. The summed E-state index contributed by atoms with van der Waals surface area (Å²) >= 11 is 0. The molecule has 0 aliphatic carbocycles. The van der Waals surface area contributed by atoms with Gasteiger partial charge in [-0.1, -0.05) is 6.92 Å². The number of hydrogen-bond donors (Lipinski definition) is 0. The maximum Gasteiger partial charge on any atom is 0.266 e. The quantitative estimate of drug-likeness (QED) is 0.770. The van der Waals surface area contributed by atoms with Crippen LogP contribution in [0.2, 0.25) is 0 Å². The smallest absolute Gasteiger partial charge is 0.266 e. The predicted octanol–water partition coefficient (Wildman–Crippen LogP) is -0.224. The zero-order valence-electron chi connectivity index (χ0n) is 13.8. The molecule has 1 fully saturated rings. The van der Waals surface area contributed by atoms with Crippen LogP contribution in [0.5, 0.6) is 0 Å². The third-order valence-corrected chi connectivity index (χ3v) is 4.62. The zero-order chi connectivity index (χ0) is 16.4. The molecule has 1 aromatic heterocycles. The monoisotopic (exact) mass is 320 g/mol. The Morgan fingerprint density at radius 1 is 1.43 bits per heavy atom. The summed E-state index contributed by atoms with van der Waals surface area (Å²) < 4.78 is 6.99. The van der Waals surface area contributed by atoms with Crippen molar-refractivity contribution in [2.75, 3.05) is 32.8 Å². The minimum absolute atomic E-state index is 0.101. The first-order valence-electron chi connectivity index (χ1n) is 8.24. The molecule has 1 unspecified atom stereocenters. The highest BCUT2D eigenvalue weighted by molar-refractivity contribution is 5.78. The summed E-state index contributed by atoms with van der Waals surface area (Å²) in [7, 11) is 1.67. The summed E-state index contributed by atoms with van der Waals surface area (Å²) in [4.78, 5) is 28.2. The van der Waals surface area contributed by atoms with Crippen molar-refractivity contribution in [2.45, 2.75) is 32.4 Å². The van der Waals surface area contributed by atoms with Gasteiger partial charge in [-0.05, 0) is 12.0 Å². The fraction of sp³-hybridized carbons (Fsp3) is 0.688. The number of aryl methyl sites for hydroxylation is 1. The van der Waals surface area contributed by atoms with Crippen molar-refractivity contribution >= 4 is 5.91 Å².